The fraction of sp³-hybridized carbons (Fsp3) is 0.507. The third kappa shape index (κ3) is 11100. The van der Waals surface area contributed by atoms with Gasteiger partial charge in [-0.15, -0.1) is 0 Å². The minimum Gasteiger partial charge on any atom is -0.478 e. The lowest BCUT2D eigenvalue weighted by Crippen LogP contribution is -2.11. The third-order valence-corrected chi connectivity index (χ3v) is 1.24. The Bertz CT molecular complexity index is 479. The maximum absolute atomic E-state index is 10.0. The topological polar surface area (TPSA) is 633 Å². The van der Waals surface area contributed by atoms with Gasteiger partial charge in [0.05, 0.1) is 211 Å². The fourth-order valence-electron chi connectivity index (χ4n) is 0.584. The Hall–Kier alpha value is -2.19. The van der Waals surface area contributed by atoms with Crippen LogP contribution in [-0.2, 0) is 162 Å². The van der Waals surface area contributed by atoms with E-state index >= 15 is 0 Å². The van der Waals surface area contributed by atoms with Gasteiger partial charge in [-0.25, -0.2) is 153 Å². The summed E-state index contributed by atoms with van der Waals surface area (Å²) in [7, 11) is 0. The summed E-state index contributed by atoms with van der Waals surface area (Å²) in [5.74, 6) is -1.05. The Balaban J connectivity index is -0.0000000184. The van der Waals surface area contributed by atoms with E-state index in [1.807, 2.05) is 6.92 Å². The largest absolute Gasteiger partial charge is 0.478 e. The Kier molecular flexibility index (Phi) is 1120. The molecule has 0 aromatic heterocycles. The summed E-state index contributed by atoms with van der Waals surface area (Å²) in [5, 5.41) is 264. The van der Waals surface area contributed by atoms with Gasteiger partial charge in [-0.2, -0.15) is 0 Å². The molecule has 100 heavy (non-hydrogen) atoms. The van der Waals surface area contributed by atoms with Crippen LogP contribution >= 0.6 is 0 Å². The number of carboxylic acid groups (broad SMARTS) is 1. The molecule has 0 bridgehead atoms. The number of rotatable bonds is 7. The Morgan fingerprint density at radius 3 is 0.410 bits per heavy atom. The summed E-state index contributed by atoms with van der Waals surface area (Å²) in [6.07, 6.45) is 3.30. The maximum Gasteiger partial charge on any atom is 0.331 e. The number of hydrogen-bond acceptors (Lipinski definition) is 3. The zero-order chi connectivity index (χ0) is 88.6. The molecule has 1 unspecified atom stereocenters. The minimum atomic E-state index is -1.05. The molecule has 0 amide bonds. The molecule has 59 radical (unpaired) electrons. The predicted octanol–water partition coefficient (Wildman–Crippen LogP) is 8.86. The molecule has 0 fully saturated rings. The summed E-state index contributed by atoms with van der Waals surface area (Å²) >= 11 is 0. The quantitative estimate of drug-likeness (QED) is 0.113. The molecule has 0 aromatic carbocycles. The predicted molar refractivity (Wildman–Crippen MR) is 364 cm³/mol. The molecule has 0 aliphatic rings. The van der Waals surface area contributed by atoms with Crippen molar-refractivity contribution in [2.24, 2.45) is 0 Å². The molecular weight excluding hydrogens is 1330 g/mol. The summed E-state index contributed by atoms with van der Waals surface area (Å²) in [6, 6.07) is 0. The SMILES string of the molecule is [CH2]C(OC=CC(=O)O)OCCCC.[CH2]C[O].[CH2]C[O].[CH2]C[O].[CH2]C[O].[CH2]C[O].[CH2]C[O].[CH2]C[O].[CH2]C[O].[CH2]C[O].[CH2]C[O].[CH2]C[O].[CH2]C[O].[CH2]C[O].[CH2]C[O].[CH2]C[O].[CH2]C[O].[CH2]C[O].[CH2]C[O].[CH2]C[O].[CH2]C[O].[CH2]C[O].[CH2]C[O].[CH2]C[O].[CH2]C[O].[CH2]C[O].[CH2]C[O].[CH2]C[O].[CH2]C[O].[CH2]C[O]. The highest BCUT2D eigenvalue weighted by Gasteiger charge is 1.98. The lowest BCUT2D eigenvalue weighted by Gasteiger charge is -2.11. The molecule has 597 valence electrons. The Labute approximate surface area is 616 Å². The zero-order valence-corrected chi connectivity index (χ0v) is 60.6. The molecular formula is C67H131O33. The average molecular weight is 1460 g/mol. The molecule has 0 aliphatic carbocycles. The molecule has 33 heteroatoms. The maximum atomic E-state index is 10.0. The van der Waals surface area contributed by atoms with Gasteiger partial charge in [-0.05, 0) is 207 Å². The molecule has 1 atom stereocenters. The van der Waals surface area contributed by atoms with Crippen LogP contribution in [0.1, 0.15) is 19.8 Å². The van der Waals surface area contributed by atoms with E-state index in [0.29, 0.717) is 6.61 Å². The highest BCUT2D eigenvalue weighted by atomic mass is 16.7. The van der Waals surface area contributed by atoms with Gasteiger partial charge in [-0.3, -0.25) is 0 Å². The van der Waals surface area contributed by atoms with Crippen LogP contribution in [0.5, 0.6) is 0 Å². The number of carbonyl (C=O) groups is 1. The van der Waals surface area contributed by atoms with Crippen LogP contribution in [0.25, 0.3) is 0 Å². The van der Waals surface area contributed by atoms with E-state index in [4.69, 9.17) is 163 Å². The van der Waals surface area contributed by atoms with Crippen molar-refractivity contribution in [1.29, 1.82) is 0 Å². The van der Waals surface area contributed by atoms with Crippen molar-refractivity contribution < 1.29 is 167 Å². The summed E-state index contributed by atoms with van der Waals surface area (Å²) in [5.41, 5.74) is 0. The highest BCUT2D eigenvalue weighted by molar-refractivity contribution is 5.79. The first-order valence-corrected chi connectivity index (χ1v) is 27.0. The van der Waals surface area contributed by atoms with Crippen molar-refractivity contribution in [3.8, 4) is 0 Å². The molecule has 0 aromatic rings. The van der Waals surface area contributed by atoms with E-state index in [-0.39, 0.29) is 192 Å². The Morgan fingerprint density at radius 2 is 0.340 bits per heavy atom. The second-order valence-corrected chi connectivity index (χ2v) is 8.35. The Morgan fingerprint density at radius 1 is 0.250 bits per heavy atom. The van der Waals surface area contributed by atoms with Crippen molar-refractivity contribution in [1.82, 2.24) is 0 Å². The van der Waals surface area contributed by atoms with Crippen molar-refractivity contribution in [2.75, 3.05) is 198 Å². The van der Waals surface area contributed by atoms with Gasteiger partial charge in [0.15, 0.2) is 6.29 Å². The van der Waals surface area contributed by atoms with Gasteiger partial charge in [0, 0.05) is 6.92 Å². The summed E-state index contributed by atoms with van der Waals surface area (Å²) in [6.45, 7) is 83.9. The normalized spacial score (nSPS) is 6.92. The van der Waals surface area contributed by atoms with Crippen molar-refractivity contribution in [3.63, 3.8) is 0 Å². The molecule has 0 rings (SSSR count). The molecule has 0 saturated carbocycles. The van der Waals surface area contributed by atoms with Crippen LogP contribution in [0.2, 0.25) is 0 Å². The van der Waals surface area contributed by atoms with Crippen LogP contribution in [0.4, 0.5) is 0 Å². The van der Waals surface area contributed by atoms with E-state index in [9.17, 15) is 4.79 Å². The number of aliphatic carboxylic acids is 1. The van der Waals surface area contributed by atoms with Crippen LogP contribution < -0.4 is 0 Å². The van der Waals surface area contributed by atoms with E-state index in [0.717, 1.165) is 25.2 Å². The highest BCUT2D eigenvalue weighted by Crippen LogP contribution is 1.96. The van der Waals surface area contributed by atoms with Crippen LogP contribution in [0.3, 0.4) is 0 Å². The molecule has 0 aliphatic heterocycles. The molecule has 33 nitrogen and oxygen atoms in total. The smallest absolute Gasteiger partial charge is 0.331 e. The lowest BCUT2D eigenvalue weighted by atomic mass is 10.4. The van der Waals surface area contributed by atoms with E-state index in [1.165, 1.54) is 0 Å². The second-order valence-electron chi connectivity index (χ2n) is 8.35. The summed E-state index contributed by atoms with van der Waals surface area (Å²) < 4.78 is 9.89. The van der Waals surface area contributed by atoms with Crippen LogP contribution in [-0.4, -0.2) is 216 Å². The van der Waals surface area contributed by atoms with Gasteiger partial charge in [-0.1, -0.05) is 13.3 Å². The minimum absolute atomic E-state index is 0.250. The number of unbranched alkanes of at least 4 members (excludes halogenated alkanes) is 1. The van der Waals surface area contributed by atoms with Crippen LogP contribution in [0.15, 0.2) is 12.3 Å². The van der Waals surface area contributed by atoms with Gasteiger partial charge in [0.2, 0.25) is 0 Å². The van der Waals surface area contributed by atoms with Crippen LogP contribution in [0, 0.1) is 208 Å². The van der Waals surface area contributed by atoms with Gasteiger partial charge in [0.1, 0.15) is 0 Å². The van der Waals surface area contributed by atoms with E-state index in [2.05, 4.69) is 208 Å². The number of ether oxygens (including phenoxy) is 2. The number of carboxylic acids is 1. The first-order valence-electron chi connectivity index (χ1n) is 27.0. The third-order valence-electron chi connectivity index (χ3n) is 1.24. The van der Waals surface area contributed by atoms with Gasteiger partial charge >= 0.3 is 5.97 Å². The van der Waals surface area contributed by atoms with Gasteiger partial charge < -0.3 is 14.6 Å². The monoisotopic (exact) mass is 1460 g/mol. The van der Waals surface area contributed by atoms with Crippen molar-refractivity contribution in [2.45, 2.75) is 26.1 Å². The van der Waals surface area contributed by atoms with E-state index < -0.39 is 12.3 Å². The van der Waals surface area contributed by atoms with E-state index in [1.54, 1.807) is 0 Å². The second kappa shape index (κ2) is 561. The lowest BCUT2D eigenvalue weighted by molar-refractivity contribution is -0.131. The standard InChI is InChI=1S/C9H15O4.29C2H4O/c1-3-4-6-12-8(2)13-7-5-9(10)11;29*1-2-3/h5,7-8H,2-4,6H2,1H3,(H,10,11);29*1-2H2. The molecule has 0 saturated heterocycles. The molecule has 0 heterocycles. The fourth-order valence-corrected chi connectivity index (χ4v) is 0.584. The molecule has 0 spiro atoms. The zero-order valence-electron chi connectivity index (χ0n) is 60.6. The van der Waals surface area contributed by atoms with Crippen molar-refractivity contribution >= 4 is 5.97 Å². The first kappa shape index (κ1) is 199. The van der Waals surface area contributed by atoms with Gasteiger partial charge in [0.25, 0.3) is 0 Å². The first-order chi connectivity index (χ1) is 47.2. The van der Waals surface area contributed by atoms with Crippen molar-refractivity contribution in [3.05, 3.63) is 220 Å². The molecule has 1 N–H and O–H groups in total. The average Bonchev–Trinajstić information content (AvgIpc) is 3.49. The summed E-state index contributed by atoms with van der Waals surface area (Å²) in [4.78, 5) is 10.0. The number of hydrogen-bond donors (Lipinski definition) is 1.